The van der Waals surface area contributed by atoms with Crippen molar-refractivity contribution in [1.29, 1.82) is 0 Å². The molecule has 3 aromatic carbocycles. The molecule has 162 valence electrons. The summed E-state index contributed by atoms with van der Waals surface area (Å²) < 4.78 is 16.6. The van der Waals surface area contributed by atoms with E-state index in [-0.39, 0.29) is 18.1 Å². The molecule has 1 heterocycles. The number of hydrogen-bond donors (Lipinski definition) is 0. The Morgan fingerprint density at radius 3 is 2.38 bits per heavy atom. The van der Waals surface area contributed by atoms with Gasteiger partial charge in [0.25, 0.3) is 0 Å². The molecule has 0 radical (unpaired) electrons. The molecule has 1 atom stereocenters. The lowest BCUT2D eigenvalue weighted by Gasteiger charge is -2.16. The molecule has 0 aromatic heterocycles. The van der Waals surface area contributed by atoms with Gasteiger partial charge in [-0.1, -0.05) is 54.6 Å². The van der Waals surface area contributed by atoms with Crippen molar-refractivity contribution in [2.75, 3.05) is 6.61 Å². The molecule has 1 aliphatic rings. The van der Waals surface area contributed by atoms with Gasteiger partial charge in [-0.3, -0.25) is 4.79 Å². The van der Waals surface area contributed by atoms with E-state index in [9.17, 15) is 9.59 Å². The summed E-state index contributed by atoms with van der Waals surface area (Å²) >= 11 is 0. The maximum absolute atomic E-state index is 12.9. The van der Waals surface area contributed by atoms with Crippen molar-refractivity contribution in [3.8, 4) is 22.6 Å². The van der Waals surface area contributed by atoms with Crippen LogP contribution in [0.25, 0.3) is 17.2 Å². The first-order valence-electron chi connectivity index (χ1n) is 10.5. The Morgan fingerprint density at radius 2 is 1.69 bits per heavy atom. The van der Waals surface area contributed by atoms with Gasteiger partial charge < -0.3 is 14.2 Å². The number of allylic oxidation sites excluding steroid dienone is 1. The number of hydrogen-bond acceptors (Lipinski definition) is 5. The lowest BCUT2D eigenvalue weighted by Crippen LogP contribution is -2.26. The molecule has 0 saturated heterocycles. The van der Waals surface area contributed by atoms with E-state index in [4.69, 9.17) is 14.2 Å². The zero-order valence-electron chi connectivity index (χ0n) is 18.3. The molecule has 1 aliphatic heterocycles. The minimum absolute atomic E-state index is 0.180. The smallest absolute Gasteiger partial charge is 0.347 e. The lowest BCUT2D eigenvalue weighted by atomic mass is 10.0. The molecule has 0 amide bonds. The van der Waals surface area contributed by atoms with Gasteiger partial charge in [0.15, 0.2) is 11.9 Å². The third-order valence-corrected chi connectivity index (χ3v) is 5.27. The monoisotopic (exact) mass is 428 g/mol. The van der Waals surface area contributed by atoms with Crippen LogP contribution in [0.5, 0.6) is 11.5 Å². The third-order valence-electron chi connectivity index (χ3n) is 5.27. The third kappa shape index (κ3) is 4.28. The van der Waals surface area contributed by atoms with Gasteiger partial charge in [-0.2, -0.15) is 0 Å². The number of carbonyl (C=O) groups excluding carboxylic acids is 2. The van der Waals surface area contributed by atoms with Crippen LogP contribution in [0.15, 0.2) is 72.5 Å². The lowest BCUT2D eigenvalue weighted by molar-refractivity contribution is -0.150. The summed E-state index contributed by atoms with van der Waals surface area (Å²) in [5.74, 6) is 0.566. The second-order valence-electron chi connectivity index (χ2n) is 7.51. The van der Waals surface area contributed by atoms with E-state index in [1.807, 2.05) is 42.5 Å². The molecule has 5 heteroatoms. The van der Waals surface area contributed by atoms with E-state index in [1.54, 1.807) is 39.0 Å². The van der Waals surface area contributed by atoms with Gasteiger partial charge in [-0.25, -0.2) is 4.79 Å². The number of benzene rings is 3. The van der Waals surface area contributed by atoms with Crippen molar-refractivity contribution in [2.24, 2.45) is 0 Å². The van der Waals surface area contributed by atoms with Crippen molar-refractivity contribution < 1.29 is 23.8 Å². The predicted molar refractivity (Wildman–Crippen MR) is 123 cm³/mol. The zero-order chi connectivity index (χ0) is 22.7. The zero-order valence-corrected chi connectivity index (χ0v) is 18.3. The van der Waals surface area contributed by atoms with Crippen LogP contribution in [-0.2, 0) is 9.53 Å². The van der Waals surface area contributed by atoms with Crippen molar-refractivity contribution >= 4 is 17.8 Å². The number of rotatable bonds is 6. The molecule has 3 aromatic rings. The van der Waals surface area contributed by atoms with E-state index < -0.39 is 12.1 Å². The van der Waals surface area contributed by atoms with Gasteiger partial charge >= 0.3 is 5.97 Å². The fourth-order valence-electron chi connectivity index (χ4n) is 3.55. The van der Waals surface area contributed by atoms with Crippen molar-refractivity contribution in [2.45, 2.75) is 26.9 Å². The minimum atomic E-state index is -0.762. The molecule has 0 saturated carbocycles. The Bertz CT molecular complexity index is 1180. The number of carbonyl (C=O) groups is 2. The van der Waals surface area contributed by atoms with Crippen LogP contribution in [0.1, 0.15) is 35.3 Å². The van der Waals surface area contributed by atoms with Crippen LogP contribution >= 0.6 is 0 Å². The van der Waals surface area contributed by atoms with Crippen molar-refractivity contribution in [3.63, 3.8) is 0 Å². The second-order valence-corrected chi connectivity index (χ2v) is 7.51. The van der Waals surface area contributed by atoms with Crippen LogP contribution in [0.4, 0.5) is 0 Å². The Hall–Kier alpha value is -3.86. The highest BCUT2D eigenvalue weighted by atomic mass is 16.6. The van der Waals surface area contributed by atoms with Gasteiger partial charge in [0.2, 0.25) is 5.78 Å². The Labute approximate surface area is 187 Å². The summed E-state index contributed by atoms with van der Waals surface area (Å²) in [5, 5.41) is 0. The summed E-state index contributed by atoms with van der Waals surface area (Å²) in [6.07, 6.45) is 0.972. The van der Waals surface area contributed by atoms with Gasteiger partial charge in [0, 0.05) is 5.56 Å². The van der Waals surface area contributed by atoms with E-state index >= 15 is 0 Å². The van der Waals surface area contributed by atoms with Crippen LogP contribution < -0.4 is 9.47 Å². The molecule has 5 nitrogen and oxygen atoms in total. The normalized spacial score (nSPS) is 14.6. The fourth-order valence-corrected chi connectivity index (χ4v) is 3.55. The Morgan fingerprint density at radius 1 is 1.00 bits per heavy atom. The molecule has 1 unspecified atom stereocenters. The van der Waals surface area contributed by atoms with E-state index in [0.717, 1.165) is 16.7 Å². The SMILES string of the molecule is CCOC(=O)C(C)Oc1ccc2c(c1C)O/C(=C\c1ccc(-c3ccccc3)cc1)C2=O. The van der Waals surface area contributed by atoms with Crippen LogP contribution in [0.2, 0.25) is 0 Å². The first-order chi connectivity index (χ1) is 15.5. The largest absolute Gasteiger partial charge is 0.479 e. The number of ether oxygens (including phenoxy) is 3. The molecule has 0 spiro atoms. The topological polar surface area (TPSA) is 61.8 Å². The molecule has 0 fully saturated rings. The Kier molecular flexibility index (Phi) is 6.08. The summed E-state index contributed by atoms with van der Waals surface area (Å²) in [7, 11) is 0. The maximum Gasteiger partial charge on any atom is 0.347 e. The molecule has 4 rings (SSSR count). The van der Waals surface area contributed by atoms with Gasteiger partial charge in [0.05, 0.1) is 12.2 Å². The second kappa shape index (κ2) is 9.10. The maximum atomic E-state index is 12.9. The van der Waals surface area contributed by atoms with Crippen LogP contribution in [0, 0.1) is 6.92 Å². The molecular weight excluding hydrogens is 404 g/mol. The van der Waals surface area contributed by atoms with Gasteiger partial charge in [0.1, 0.15) is 11.5 Å². The molecule has 0 N–H and O–H groups in total. The molecule has 32 heavy (non-hydrogen) atoms. The van der Waals surface area contributed by atoms with Crippen molar-refractivity contribution in [1.82, 2.24) is 0 Å². The summed E-state index contributed by atoms with van der Waals surface area (Å²) in [6, 6.07) is 21.4. The summed E-state index contributed by atoms with van der Waals surface area (Å²) in [6.45, 7) is 5.46. The van der Waals surface area contributed by atoms with E-state index in [2.05, 4.69) is 12.1 Å². The standard InChI is InChI=1S/C27H24O5/c1-4-30-27(29)18(3)31-23-15-14-22-25(28)24(32-26(22)17(23)2)16-19-10-12-21(13-11-19)20-8-6-5-7-9-20/h5-16,18H,4H2,1-3H3/b24-16-. The number of ketones is 1. The summed E-state index contributed by atoms with van der Waals surface area (Å²) in [4.78, 5) is 24.7. The predicted octanol–water partition coefficient (Wildman–Crippen LogP) is 5.61. The highest BCUT2D eigenvalue weighted by Crippen LogP contribution is 2.39. The molecule has 0 aliphatic carbocycles. The first-order valence-corrected chi connectivity index (χ1v) is 10.5. The Balaban J connectivity index is 1.54. The molecular formula is C27H24O5. The number of Topliss-reactive ketones (excluding diaryl/α,β-unsaturated/α-hetero) is 1. The minimum Gasteiger partial charge on any atom is -0.479 e. The van der Waals surface area contributed by atoms with Crippen LogP contribution in [-0.4, -0.2) is 24.5 Å². The highest BCUT2D eigenvalue weighted by molar-refractivity contribution is 6.15. The van der Waals surface area contributed by atoms with E-state index in [0.29, 0.717) is 22.6 Å². The van der Waals surface area contributed by atoms with E-state index in [1.165, 1.54) is 0 Å². The average molecular weight is 428 g/mol. The van der Waals surface area contributed by atoms with Crippen LogP contribution in [0.3, 0.4) is 0 Å². The summed E-state index contributed by atoms with van der Waals surface area (Å²) in [5.41, 5.74) is 4.24. The highest BCUT2D eigenvalue weighted by Gasteiger charge is 2.31. The first kappa shape index (κ1) is 21.4. The fraction of sp³-hybridized carbons (Fsp3) is 0.185. The van der Waals surface area contributed by atoms with Gasteiger partial charge in [-0.05, 0) is 55.7 Å². The van der Waals surface area contributed by atoms with Gasteiger partial charge in [-0.15, -0.1) is 0 Å². The quantitative estimate of drug-likeness (QED) is 0.377. The van der Waals surface area contributed by atoms with Crippen molar-refractivity contribution in [3.05, 3.63) is 89.2 Å². The number of esters is 1. The average Bonchev–Trinajstić information content (AvgIpc) is 3.13. The molecule has 0 bridgehead atoms. The number of fused-ring (bicyclic) bond motifs is 1.